The summed E-state index contributed by atoms with van der Waals surface area (Å²) in [6.07, 6.45) is 8.02. The molecule has 0 saturated heterocycles. The Labute approximate surface area is 181 Å². The standard InChI is InChI=1S/C23H29FN6O/c1-2-23(12-10-18(11-13-23)29-20-5-3-4-14-27-20)28-15-19(22(26)31)21(25)30-17-8-6-16(24)7-9-17/h3-9,14-15,18,28H,2,10-13H2,1H3,(H2,25,30)(H2,26,31)(H,27,29)/b19-15+. The minimum absolute atomic E-state index is 0.0108. The summed E-state index contributed by atoms with van der Waals surface area (Å²) in [6, 6.07) is 11.7. The molecular formula is C23H29FN6O. The van der Waals surface area contributed by atoms with E-state index in [4.69, 9.17) is 11.5 Å². The van der Waals surface area contributed by atoms with Crippen LogP contribution in [0, 0.1) is 5.82 Å². The third-order valence-corrected chi connectivity index (χ3v) is 5.78. The fourth-order valence-electron chi connectivity index (χ4n) is 3.78. The lowest BCUT2D eigenvalue weighted by atomic mass is 9.77. The number of nitrogens with two attached hydrogens (primary N) is 2. The average Bonchev–Trinajstić information content (AvgIpc) is 2.77. The maximum atomic E-state index is 13.1. The van der Waals surface area contributed by atoms with Gasteiger partial charge in [-0.2, -0.15) is 0 Å². The number of amidine groups is 1. The number of halogens is 1. The summed E-state index contributed by atoms with van der Waals surface area (Å²) in [5.41, 5.74) is 12.0. The Bertz CT molecular complexity index is 934. The molecule has 1 amide bonds. The minimum Gasteiger partial charge on any atom is -0.385 e. The van der Waals surface area contributed by atoms with Crippen molar-refractivity contribution >= 4 is 23.2 Å². The minimum atomic E-state index is -0.674. The van der Waals surface area contributed by atoms with Crippen molar-refractivity contribution in [3.05, 3.63) is 66.3 Å². The molecule has 3 rings (SSSR count). The zero-order valence-electron chi connectivity index (χ0n) is 17.6. The van der Waals surface area contributed by atoms with E-state index in [0.717, 1.165) is 37.9 Å². The Balaban J connectivity index is 1.67. The van der Waals surface area contributed by atoms with Crippen LogP contribution in [0.1, 0.15) is 39.0 Å². The zero-order chi connectivity index (χ0) is 22.3. The van der Waals surface area contributed by atoms with Gasteiger partial charge in [0.25, 0.3) is 5.91 Å². The predicted octanol–water partition coefficient (Wildman–Crippen LogP) is 3.37. The Morgan fingerprint density at radius 3 is 2.52 bits per heavy atom. The lowest BCUT2D eigenvalue weighted by molar-refractivity contribution is -0.114. The molecule has 6 N–H and O–H groups in total. The first-order valence-electron chi connectivity index (χ1n) is 10.5. The second-order valence-electron chi connectivity index (χ2n) is 7.81. The van der Waals surface area contributed by atoms with Crippen molar-refractivity contribution in [1.29, 1.82) is 0 Å². The van der Waals surface area contributed by atoms with Gasteiger partial charge in [-0.15, -0.1) is 0 Å². The number of amides is 1. The highest BCUT2D eigenvalue weighted by atomic mass is 19.1. The fraction of sp³-hybridized carbons (Fsp3) is 0.348. The van der Waals surface area contributed by atoms with Crippen molar-refractivity contribution in [2.24, 2.45) is 16.5 Å². The summed E-state index contributed by atoms with van der Waals surface area (Å²) >= 11 is 0. The molecule has 7 nitrogen and oxygen atoms in total. The van der Waals surface area contributed by atoms with Gasteiger partial charge in [-0.25, -0.2) is 14.4 Å². The molecule has 1 aliphatic rings. The van der Waals surface area contributed by atoms with E-state index in [2.05, 4.69) is 27.5 Å². The Kier molecular flexibility index (Phi) is 7.23. The van der Waals surface area contributed by atoms with Crippen LogP contribution >= 0.6 is 0 Å². The number of primary amides is 1. The molecule has 8 heteroatoms. The van der Waals surface area contributed by atoms with Crippen LogP contribution in [0.2, 0.25) is 0 Å². The van der Waals surface area contributed by atoms with E-state index < -0.39 is 5.91 Å². The molecular weight excluding hydrogens is 395 g/mol. The second kappa shape index (κ2) is 10.1. The number of benzene rings is 1. The number of carbonyl (C=O) groups is 1. The predicted molar refractivity (Wildman–Crippen MR) is 121 cm³/mol. The normalized spacial score (nSPS) is 22.1. The number of nitrogens with one attached hydrogen (secondary N) is 2. The smallest absolute Gasteiger partial charge is 0.253 e. The van der Waals surface area contributed by atoms with Crippen molar-refractivity contribution in [2.75, 3.05) is 5.32 Å². The summed E-state index contributed by atoms with van der Waals surface area (Å²) in [6.45, 7) is 2.12. The van der Waals surface area contributed by atoms with Gasteiger partial charge in [0.15, 0.2) is 0 Å². The quantitative estimate of drug-likeness (QED) is 0.294. The van der Waals surface area contributed by atoms with E-state index in [1.807, 2.05) is 18.2 Å². The maximum absolute atomic E-state index is 13.1. The van der Waals surface area contributed by atoms with E-state index in [-0.39, 0.29) is 22.8 Å². The van der Waals surface area contributed by atoms with Gasteiger partial charge in [-0.3, -0.25) is 4.79 Å². The molecule has 1 aromatic heterocycles. The van der Waals surface area contributed by atoms with E-state index >= 15 is 0 Å². The lowest BCUT2D eigenvalue weighted by Crippen LogP contribution is -2.47. The summed E-state index contributed by atoms with van der Waals surface area (Å²) in [5, 5.41) is 6.88. The molecule has 0 bridgehead atoms. The number of hydrogen-bond donors (Lipinski definition) is 4. The largest absolute Gasteiger partial charge is 0.385 e. The molecule has 164 valence electrons. The van der Waals surface area contributed by atoms with Crippen LogP contribution in [0.4, 0.5) is 15.9 Å². The molecule has 1 aliphatic carbocycles. The first kappa shape index (κ1) is 22.3. The number of rotatable bonds is 8. The fourth-order valence-corrected chi connectivity index (χ4v) is 3.78. The van der Waals surface area contributed by atoms with Gasteiger partial charge in [-0.1, -0.05) is 13.0 Å². The first-order valence-corrected chi connectivity index (χ1v) is 10.5. The summed E-state index contributed by atoms with van der Waals surface area (Å²) in [7, 11) is 0. The van der Waals surface area contributed by atoms with Crippen molar-refractivity contribution in [1.82, 2.24) is 10.3 Å². The summed E-state index contributed by atoms with van der Waals surface area (Å²) < 4.78 is 13.1. The Morgan fingerprint density at radius 2 is 1.94 bits per heavy atom. The number of hydrogen-bond acceptors (Lipinski definition) is 5. The molecule has 0 spiro atoms. The molecule has 0 atom stereocenters. The average molecular weight is 425 g/mol. The third-order valence-electron chi connectivity index (χ3n) is 5.78. The van der Waals surface area contributed by atoms with Gasteiger partial charge in [0.2, 0.25) is 0 Å². The Hall–Kier alpha value is -3.42. The van der Waals surface area contributed by atoms with Crippen LogP contribution in [0.3, 0.4) is 0 Å². The highest BCUT2D eigenvalue weighted by Gasteiger charge is 2.33. The molecule has 0 unspecified atom stereocenters. The molecule has 1 saturated carbocycles. The summed E-state index contributed by atoms with van der Waals surface area (Å²) in [4.78, 5) is 20.5. The number of aromatic nitrogens is 1. The van der Waals surface area contributed by atoms with Gasteiger partial charge in [0, 0.05) is 24.0 Å². The van der Waals surface area contributed by atoms with E-state index in [9.17, 15) is 9.18 Å². The Morgan fingerprint density at radius 1 is 1.23 bits per heavy atom. The summed E-state index contributed by atoms with van der Waals surface area (Å²) in [5.74, 6) is -0.177. The highest BCUT2D eigenvalue weighted by Crippen LogP contribution is 2.32. The third kappa shape index (κ3) is 6.04. The van der Waals surface area contributed by atoms with Crippen LogP contribution in [0.15, 0.2) is 65.4 Å². The van der Waals surface area contributed by atoms with Crippen LogP contribution in [-0.4, -0.2) is 28.3 Å². The van der Waals surface area contributed by atoms with Gasteiger partial charge >= 0.3 is 0 Å². The van der Waals surface area contributed by atoms with Crippen LogP contribution in [0.25, 0.3) is 0 Å². The van der Waals surface area contributed by atoms with Crippen LogP contribution in [0.5, 0.6) is 0 Å². The van der Waals surface area contributed by atoms with Crippen molar-refractivity contribution in [3.63, 3.8) is 0 Å². The van der Waals surface area contributed by atoms with Crippen LogP contribution in [-0.2, 0) is 4.79 Å². The number of nitrogens with zero attached hydrogens (tertiary/aromatic N) is 2. The molecule has 1 heterocycles. The lowest BCUT2D eigenvalue weighted by Gasteiger charge is -2.40. The number of pyridine rings is 1. The zero-order valence-corrected chi connectivity index (χ0v) is 17.6. The van der Waals surface area contributed by atoms with E-state index in [1.165, 1.54) is 24.3 Å². The van der Waals surface area contributed by atoms with Gasteiger partial charge in [0.1, 0.15) is 17.5 Å². The highest BCUT2D eigenvalue weighted by molar-refractivity contribution is 6.20. The first-order chi connectivity index (χ1) is 14.9. The van der Waals surface area contributed by atoms with Crippen molar-refractivity contribution in [2.45, 2.75) is 50.6 Å². The monoisotopic (exact) mass is 424 g/mol. The SMILES string of the molecule is CCC1(N/C=C(/C(N)=O)C(N)=Nc2ccc(F)cc2)CCC(Nc2ccccn2)CC1. The number of anilines is 1. The molecule has 1 aromatic carbocycles. The maximum Gasteiger partial charge on any atom is 0.253 e. The molecule has 31 heavy (non-hydrogen) atoms. The van der Waals surface area contributed by atoms with Gasteiger partial charge in [-0.05, 0) is 68.5 Å². The molecule has 0 radical (unpaired) electrons. The topological polar surface area (TPSA) is 118 Å². The number of aliphatic imine (C=N–C) groups is 1. The number of carbonyl (C=O) groups excluding carboxylic acids is 1. The van der Waals surface area contributed by atoms with Crippen LogP contribution < -0.4 is 22.1 Å². The van der Waals surface area contributed by atoms with E-state index in [1.54, 1.807) is 12.4 Å². The molecule has 2 aromatic rings. The molecule has 0 aliphatic heterocycles. The van der Waals surface area contributed by atoms with E-state index in [0.29, 0.717) is 11.7 Å². The van der Waals surface area contributed by atoms with Gasteiger partial charge in [0.05, 0.1) is 11.3 Å². The molecule has 1 fully saturated rings. The second-order valence-corrected chi connectivity index (χ2v) is 7.81. The van der Waals surface area contributed by atoms with Crippen molar-refractivity contribution < 1.29 is 9.18 Å². The van der Waals surface area contributed by atoms with Crippen molar-refractivity contribution in [3.8, 4) is 0 Å². The van der Waals surface area contributed by atoms with Gasteiger partial charge < -0.3 is 22.1 Å².